The highest BCUT2D eigenvalue weighted by atomic mass is 19.1. The molecule has 0 nitrogen and oxygen atoms in total. The molecular weight excluding hydrogens is 65.8 g/mol. The molecule has 0 saturated heterocycles. The van der Waals surface area contributed by atoms with Crippen LogP contribution in [0.3, 0.4) is 0 Å². The third kappa shape index (κ3) is 620000. The van der Waals surface area contributed by atoms with Crippen molar-refractivity contribution in [3.63, 3.8) is 0 Å². The maximum Gasteiger partial charge on any atom is 0.120 e. The van der Waals surface area contributed by atoms with E-state index < -0.39 is 5.57 Å². The van der Waals surface area contributed by atoms with E-state index in [-0.39, 0.29) is 0 Å². The molecule has 0 saturated carbocycles. The van der Waals surface area contributed by atoms with Gasteiger partial charge in [0.2, 0.25) is 0 Å². The topological polar surface area (TPSA) is 0 Å². The molecule has 0 heterocycles. The van der Waals surface area contributed by atoms with Crippen LogP contribution in [0.1, 0.15) is 13.8 Å². The Labute approximate surface area is 32.8 Å². The van der Waals surface area contributed by atoms with Crippen molar-refractivity contribution in [2.45, 2.75) is 19.4 Å². The summed E-state index contributed by atoms with van der Waals surface area (Å²) in [4.78, 5) is 0. The smallest absolute Gasteiger partial charge is 0.120 e. The van der Waals surface area contributed by atoms with E-state index >= 15 is 0 Å². The van der Waals surface area contributed by atoms with Gasteiger partial charge in [0.1, 0.15) is 7.85 Å². The number of hydrogen-bond acceptors (Lipinski definition) is 0. The third-order valence-electron chi connectivity index (χ3n) is 0. The van der Waals surface area contributed by atoms with E-state index in [1.807, 2.05) is 0 Å². The zero-order valence-corrected chi connectivity index (χ0v) is 3.46. The Bertz CT molecular complexity index is 22.4. The van der Waals surface area contributed by atoms with Crippen molar-refractivity contribution < 1.29 is 4.39 Å². The van der Waals surface area contributed by atoms with Crippen LogP contribution in [0, 0.1) is 0 Å². The van der Waals surface area contributed by atoms with Gasteiger partial charge in [-0.3, -0.25) is 4.39 Å². The van der Waals surface area contributed by atoms with Crippen LogP contribution in [0.15, 0.2) is 0 Å². The van der Waals surface area contributed by atoms with Crippen molar-refractivity contribution in [1.29, 1.82) is 0 Å². The molecule has 0 aliphatic carbocycles. The summed E-state index contributed by atoms with van der Waals surface area (Å²) in [6, 6.07) is 0. The number of alkyl halides is 1. The first-order chi connectivity index (χ1) is 2.00. The summed E-state index contributed by atoms with van der Waals surface area (Å²) in [5.74, 6) is 0. The lowest BCUT2D eigenvalue weighted by atomic mass is 9.88. The Hall–Kier alpha value is -0.00506. The lowest BCUT2D eigenvalue weighted by Gasteiger charge is -2.00. The molecule has 28 valence electrons. The lowest BCUT2D eigenvalue weighted by Crippen LogP contribution is -2.09. The lowest BCUT2D eigenvalue weighted by molar-refractivity contribution is 0.335. The SMILES string of the molecule is [B]C(C)(C)F. The van der Waals surface area contributed by atoms with Gasteiger partial charge in [0.05, 0.1) is 5.57 Å². The molecule has 0 N–H and O–H groups in total. The van der Waals surface area contributed by atoms with E-state index in [9.17, 15) is 4.39 Å². The number of hydrogen-bond donors (Lipinski definition) is 0. The van der Waals surface area contributed by atoms with Crippen molar-refractivity contribution in [3.8, 4) is 0 Å². The minimum absolute atomic E-state index is 1.30. The second-order valence-electron chi connectivity index (χ2n) is 1.56. The highest BCUT2D eigenvalue weighted by Crippen LogP contribution is 1.97. The molecule has 0 unspecified atom stereocenters. The zero-order valence-electron chi connectivity index (χ0n) is 3.46. The summed E-state index contributed by atoms with van der Waals surface area (Å²) in [6.07, 6.45) is 0. The summed E-state index contributed by atoms with van der Waals surface area (Å²) < 4.78 is 11.5. The van der Waals surface area contributed by atoms with E-state index in [1.165, 1.54) is 13.8 Å². The molecule has 0 aliphatic heterocycles. The van der Waals surface area contributed by atoms with Gasteiger partial charge < -0.3 is 0 Å². The minimum atomic E-state index is -1.50. The molecule has 0 rings (SSSR count). The van der Waals surface area contributed by atoms with Crippen LogP contribution in [0.5, 0.6) is 0 Å². The predicted octanol–water partition coefficient (Wildman–Crippen LogP) is 0.860. The summed E-state index contributed by atoms with van der Waals surface area (Å²) >= 11 is 0. The van der Waals surface area contributed by atoms with Crippen LogP contribution in [0.25, 0.3) is 0 Å². The monoisotopic (exact) mass is 72.1 g/mol. The van der Waals surface area contributed by atoms with Gasteiger partial charge in [-0.2, -0.15) is 0 Å². The maximum atomic E-state index is 11.5. The van der Waals surface area contributed by atoms with Gasteiger partial charge in [0, 0.05) is 0 Å². The second-order valence-corrected chi connectivity index (χ2v) is 1.56. The van der Waals surface area contributed by atoms with Gasteiger partial charge in [-0.25, -0.2) is 0 Å². The van der Waals surface area contributed by atoms with Crippen LogP contribution in [0.4, 0.5) is 4.39 Å². The van der Waals surface area contributed by atoms with Gasteiger partial charge in [-0.1, -0.05) is 0 Å². The van der Waals surface area contributed by atoms with Crippen LogP contribution in [-0.4, -0.2) is 13.4 Å². The fourth-order valence-electron chi connectivity index (χ4n) is 0. The van der Waals surface area contributed by atoms with Crippen LogP contribution >= 0.6 is 0 Å². The Morgan fingerprint density at radius 3 is 1.60 bits per heavy atom. The number of halogens is 1. The van der Waals surface area contributed by atoms with Gasteiger partial charge in [0.15, 0.2) is 0 Å². The van der Waals surface area contributed by atoms with E-state index in [0.717, 1.165) is 0 Å². The van der Waals surface area contributed by atoms with Gasteiger partial charge in [0.25, 0.3) is 0 Å². The van der Waals surface area contributed by atoms with Crippen molar-refractivity contribution in [3.05, 3.63) is 0 Å². The Morgan fingerprint density at radius 1 is 1.60 bits per heavy atom. The largest absolute Gasteiger partial charge is 0.256 e. The van der Waals surface area contributed by atoms with Crippen LogP contribution in [-0.2, 0) is 0 Å². The van der Waals surface area contributed by atoms with Gasteiger partial charge >= 0.3 is 0 Å². The van der Waals surface area contributed by atoms with E-state index in [2.05, 4.69) is 7.85 Å². The van der Waals surface area contributed by atoms with Crippen LogP contribution < -0.4 is 0 Å². The molecule has 0 bridgehead atoms. The Kier molecular flexibility index (Phi) is 0.996. The molecule has 2 heteroatoms. The van der Waals surface area contributed by atoms with Gasteiger partial charge in [-0.15, -0.1) is 0 Å². The molecule has 5 heavy (non-hydrogen) atoms. The van der Waals surface area contributed by atoms with E-state index in [1.54, 1.807) is 0 Å². The quantitative estimate of drug-likeness (QED) is 0.372. The number of rotatable bonds is 0. The summed E-state index contributed by atoms with van der Waals surface area (Å²) in [5, 5.41) is 0. The molecule has 0 amide bonds. The van der Waals surface area contributed by atoms with E-state index in [4.69, 9.17) is 0 Å². The van der Waals surface area contributed by atoms with Crippen molar-refractivity contribution >= 4 is 7.85 Å². The average molecular weight is 71.9 g/mol. The molecule has 0 aliphatic rings. The Balaban J connectivity index is 3.02. The van der Waals surface area contributed by atoms with Crippen molar-refractivity contribution in [2.24, 2.45) is 0 Å². The summed E-state index contributed by atoms with van der Waals surface area (Å²) in [7, 11) is 4.69. The second kappa shape index (κ2) is 0.997. The maximum absolute atomic E-state index is 11.5. The molecule has 2 radical (unpaired) electrons. The first kappa shape index (κ1) is 4.99. The zero-order chi connectivity index (χ0) is 4.50. The molecular formula is C3H6BF. The third-order valence-corrected chi connectivity index (χ3v) is 0. The molecule has 0 fully saturated rings. The fourth-order valence-corrected chi connectivity index (χ4v) is 0. The van der Waals surface area contributed by atoms with E-state index in [0.29, 0.717) is 0 Å². The average Bonchev–Trinajstić information content (AvgIpc) is 0.722. The minimum Gasteiger partial charge on any atom is -0.256 e. The Morgan fingerprint density at radius 2 is 1.60 bits per heavy atom. The molecule has 0 aromatic carbocycles. The van der Waals surface area contributed by atoms with Crippen molar-refractivity contribution in [1.82, 2.24) is 0 Å². The summed E-state index contributed by atoms with van der Waals surface area (Å²) in [6.45, 7) is 2.60. The normalized spacial score (nSPS) is 11.8. The summed E-state index contributed by atoms with van der Waals surface area (Å²) in [5.41, 5.74) is -1.50. The molecule has 0 atom stereocenters. The van der Waals surface area contributed by atoms with Crippen LogP contribution in [0.2, 0.25) is 0 Å². The highest BCUT2D eigenvalue weighted by Gasteiger charge is 2.01. The standard InChI is InChI=1S/C3H6BF/c1-3(2,4)5/h1-2H3. The highest BCUT2D eigenvalue weighted by molar-refractivity contribution is 6.13. The first-order valence-electron chi connectivity index (χ1n) is 1.48. The molecule has 0 spiro atoms. The molecule has 0 aromatic heterocycles. The molecule has 0 aromatic rings. The first-order valence-corrected chi connectivity index (χ1v) is 1.48. The predicted molar refractivity (Wildman–Crippen MR) is 20.9 cm³/mol. The van der Waals surface area contributed by atoms with Crippen molar-refractivity contribution in [2.75, 3.05) is 0 Å². The van der Waals surface area contributed by atoms with Gasteiger partial charge in [-0.05, 0) is 13.8 Å². The fraction of sp³-hybridized carbons (Fsp3) is 1.00.